The Morgan fingerprint density at radius 1 is 1.32 bits per heavy atom. The SMILES string of the molecule is CC(C)[C@@H](C)n1nccc1NC(=O)CC12C[C@@H]3C[C@H](CC(O)(C3)C1)C2. The first-order valence-corrected chi connectivity index (χ1v) is 9.83. The summed E-state index contributed by atoms with van der Waals surface area (Å²) in [4.78, 5) is 12.8. The average molecular weight is 345 g/mol. The molecule has 0 unspecified atom stereocenters. The van der Waals surface area contributed by atoms with Gasteiger partial charge in [-0.15, -0.1) is 0 Å². The molecule has 5 rings (SSSR count). The number of aromatic nitrogens is 2. The van der Waals surface area contributed by atoms with E-state index in [1.165, 1.54) is 6.42 Å². The highest BCUT2D eigenvalue weighted by atomic mass is 16.3. The third-order valence-electron chi connectivity index (χ3n) is 6.98. The molecule has 4 aliphatic carbocycles. The van der Waals surface area contributed by atoms with Crippen molar-refractivity contribution in [2.24, 2.45) is 23.2 Å². The lowest BCUT2D eigenvalue weighted by atomic mass is 9.47. The van der Waals surface area contributed by atoms with E-state index in [-0.39, 0.29) is 17.4 Å². The van der Waals surface area contributed by atoms with Crippen LogP contribution in [0.3, 0.4) is 0 Å². The van der Waals surface area contributed by atoms with Gasteiger partial charge in [0.1, 0.15) is 5.82 Å². The van der Waals surface area contributed by atoms with Gasteiger partial charge < -0.3 is 10.4 Å². The summed E-state index contributed by atoms with van der Waals surface area (Å²) in [6.45, 7) is 6.45. The van der Waals surface area contributed by atoms with E-state index in [9.17, 15) is 9.90 Å². The Bertz CT molecular complexity index is 652. The highest BCUT2D eigenvalue weighted by Crippen LogP contribution is 2.62. The van der Waals surface area contributed by atoms with E-state index in [0.717, 1.165) is 37.9 Å². The zero-order valence-corrected chi connectivity index (χ0v) is 15.7. The smallest absolute Gasteiger partial charge is 0.226 e. The number of anilines is 1. The average Bonchev–Trinajstić information content (AvgIpc) is 2.90. The van der Waals surface area contributed by atoms with Crippen molar-refractivity contribution in [1.29, 1.82) is 0 Å². The van der Waals surface area contributed by atoms with Gasteiger partial charge in [-0.05, 0) is 68.6 Å². The normalized spacial score (nSPS) is 37.5. The van der Waals surface area contributed by atoms with Crippen molar-refractivity contribution < 1.29 is 9.90 Å². The number of carbonyl (C=O) groups is 1. The van der Waals surface area contributed by atoms with E-state index in [1.807, 2.05) is 10.7 Å². The fourth-order valence-electron chi connectivity index (χ4n) is 6.16. The number of hydrogen-bond donors (Lipinski definition) is 2. The van der Waals surface area contributed by atoms with Crippen LogP contribution in [0, 0.1) is 23.2 Å². The van der Waals surface area contributed by atoms with Gasteiger partial charge in [-0.1, -0.05) is 13.8 Å². The number of carbonyl (C=O) groups excluding carboxylic acids is 1. The monoisotopic (exact) mass is 345 g/mol. The van der Waals surface area contributed by atoms with Crippen LogP contribution in [-0.2, 0) is 4.79 Å². The maximum atomic E-state index is 12.8. The van der Waals surface area contributed by atoms with Crippen molar-refractivity contribution in [3.63, 3.8) is 0 Å². The first-order valence-electron chi connectivity index (χ1n) is 9.83. The Balaban J connectivity index is 1.46. The van der Waals surface area contributed by atoms with Crippen LogP contribution in [-0.4, -0.2) is 26.4 Å². The highest BCUT2D eigenvalue weighted by molar-refractivity contribution is 5.90. The molecule has 138 valence electrons. The van der Waals surface area contributed by atoms with Crippen LogP contribution in [0.2, 0.25) is 0 Å². The Kier molecular flexibility index (Phi) is 3.98. The van der Waals surface area contributed by atoms with Crippen molar-refractivity contribution in [2.75, 3.05) is 5.32 Å². The second-order valence-electron chi connectivity index (χ2n) is 9.56. The molecule has 0 aromatic carbocycles. The third-order valence-corrected chi connectivity index (χ3v) is 6.98. The minimum Gasteiger partial charge on any atom is -0.390 e. The van der Waals surface area contributed by atoms with Crippen LogP contribution in [0.5, 0.6) is 0 Å². The minimum atomic E-state index is -0.502. The zero-order valence-electron chi connectivity index (χ0n) is 15.7. The van der Waals surface area contributed by atoms with Gasteiger partial charge in [-0.3, -0.25) is 4.79 Å². The number of nitrogens with zero attached hydrogens (tertiary/aromatic N) is 2. The van der Waals surface area contributed by atoms with E-state index in [4.69, 9.17) is 0 Å². The van der Waals surface area contributed by atoms with Crippen LogP contribution in [0.15, 0.2) is 12.3 Å². The Labute approximate surface area is 150 Å². The first kappa shape index (κ1) is 17.1. The molecule has 2 N–H and O–H groups in total. The van der Waals surface area contributed by atoms with Crippen LogP contribution in [0.4, 0.5) is 5.82 Å². The van der Waals surface area contributed by atoms with Gasteiger partial charge in [-0.2, -0.15) is 5.10 Å². The molecule has 0 aliphatic heterocycles. The summed E-state index contributed by atoms with van der Waals surface area (Å²) in [6, 6.07) is 2.12. The molecule has 0 saturated heterocycles. The van der Waals surface area contributed by atoms with Crippen molar-refractivity contribution in [3.05, 3.63) is 12.3 Å². The molecule has 3 atom stereocenters. The molecule has 0 spiro atoms. The van der Waals surface area contributed by atoms with Crippen LogP contribution >= 0.6 is 0 Å². The number of nitrogens with one attached hydrogen (secondary N) is 1. The van der Waals surface area contributed by atoms with Crippen molar-refractivity contribution in [3.8, 4) is 0 Å². The lowest BCUT2D eigenvalue weighted by molar-refractivity contribution is -0.167. The van der Waals surface area contributed by atoms with Crippen molar-refractivity contribution in [2.45, 2.75) is 77.4 Å². The fraction of sp³-hybridized carbons (Fsp3) is 0.800. The molecular formula is C20H31N3O2. The molecule has 1 aromatic rings. The summed E-state index contributed by atoms with van der Waals surface area (Å²) in [6.07, 6.45) is 8.47. The van der Waals surface area contributed by atoms with E-state index >= 15 is 0 Å². The van der Waals surface area contributed by atoms with E-state index in [1.54, 1.807) is 6.20 Å². The number of rotatable bonds is 5. The predicted octanol–water partition coefficient (Wildman–Crippen LogP) is 3.76. The lowest BCUT2D eigenvalue weighted by Crippen LogP contribution is -2.56. The summed E-state index contributed by atoms with van der Waals surface area (Å²) in [5.41, 5.74) is -0.490. The van der Waals surface area contributed by atoms with Crippen molar-refractivity contribution in [1.82, 2.24) is 9.78 Å². The number of aliphatic hydroxyl groups is 1. The van der Waals surface area contributed by atoms with E-state index in [2.05, 4.69) is 31.2 Å². The van der Waals surface area contributed by atoms with Crippen LogP contribution in [0.25, 0.3) is 0 Å². The summed E-state index contributed by atoms with van der Waals surface area (Å²) in [7, 11) is 0. The zero-order chi connectivity index (χ0) is 17.8. The molecule has 1 amide bonds. The van der Waals surface area contributed by atoms with Gasteiger partial charge >= 0.3 is 0 Å². The summed E-state index contributed by atoms with van der Waals surface area (Å²) < 4.78 is 1.91. The molecule has 5 nitrogen and oxygen atoms in total. The molecule has 4 fully saturated rings. The molecule has 5 heteroatoms. The molecule has 4 bridgehead atoms. The number of amides is 1. The van der Waals surface area contributed by atoms with Gasteiger partial charge in [0.05, 0.1) is 17.8 Å². The van der Waals surface area contributed by atoms with Gasteiger partial charge in [0.25, 0.3) is 0 Å². The van der Waals surface area contributed by atoms with Crippen LogP contribution < -0.4 is 5.32 Å². The second-order valence-corrected chi connectivity index (χ2v) is 9.56. The maximum Gasteiger partial charge on any atom is 0.226 e. The first-order chi connectivity index (χ1) is 11.8. The highest BCUT2D eigenvalue weighted by Gasteiger charge is 2.57. The van der Waals surface area contributed by atoms with Gasteiger partial charge in [0.15, 0.2) is 0 Å². The summed E-state index contributed by atoms with van der Waals surface area (Å²) in [5, 5.41) is 18.4. The van der Waals surface area contributed by atoms with Gasteiger partial charge in [-0.25, -0.2) is 4.68 Å². The van der Waals surface area contributed by atoms with Crippen LogP contribution in [0.1, 0.15) is 71.8 Å². The number of hydrogen-bond acceptors (Lipinski definition) is 3. The molecule has 4 aliphatic rings. The van der Waals surface area contributed by atoms with Crippen molar-refractivity contribution >= 4 is 11.7 Å². The van der Waals surface area contributed by atoms with E-state index < -0.39 is 5.60 Å². The molecule has 1 heterocycles. The Hall–Kier alpha value is -1.36. The molecule has 1 aromatic heterocycles. The standard InChI is InChI=1S/C20H31N3O2/c1-13(2)14(3)23-17(4-5-21-23)22-18(24)11-19-7-15-6-16(8-19)10-20(25,9-15)12-19/h4-5,13-16,25H,6-12H2,1-3H3,(H,22,24)/t14-,15+,16+,19?,20?/m1/s1. The Morgan fingerprint density at radius 3 is 2.60 bits per heavy atom. The Morgan fingerprint density at radius 2 is 2.00 bits per heavy atom. The molecule has 0 radical (unpaired) electrons. The third kappa shape index (κ3) is 3.12. The van der Waals surface area contributed by atoms with E-state index in [0.29, 0.717) is 24.2 Å². The molecular weight excluding hydrogens is 314 g/mol. The largest absolute Gasteiger partial charge is 0.390 e. The summed E-state index contributed by atoms with van der Waals surface area (Å²) in [5.74, 6) is 2.54. The molecule has 25 heavy (non-hydrogen) atoms. The van der Waals surface area contributed by atoms with Gasteiger partial charge in [0, 0.05) is 12.5 Å². The fourth-order valence-corrected chi connectivity index (χ4v) is 6.16. The molecule has 4 saturated carbocycles. The minimum absolute atomic E-state index is 0.0113. The maximum absolute atomic E-state index is 12.8. The second kappa shape index (κ2) is 5.83. The lowest BCUT2D eigenvalue weighted by Gasteiger charge is -2.60. The quantitative estimate of drug-likeness (QED) is 0.854. The summed E-state index contributed by atoms with van der Waals surface area (Å²) >= 11 is 0. The van der Waals surface area contributed by atoms with Gasteiger partial charge in [0.2, 0.25) is 5.91 Å². The predicted molar refractivity (Wildman–Crippen MR) is 97.1 cm³/mol. The topological polar surface area (TPSA) is 67.2 Å².